The van der Waals surface area contributed by atoms with Crippen molar-refractivity contribution in [1.29, 1.82) is 0 Å². The number of nitrogens with zero attached hydrogens (tertiary/aromatic N) is 1. The van der Waals surface area contributed by atoms with E-state index in [0.29, 0.717) is 23.1 Å². The number of aromatic nitrogens is 1. The molecule has 3 rings (SSSR count). The molecule has 1 unspecified atom stereocenters. The van der Waals surface area contributed by atoms with Gasteiger partial charge in [0.2, 0.25) is 5.71 Å². The Balaban J connectivity index is 2.24. The Morgan fingerprint density at radius 3 is 2.56 bits per heavy atom. The summed E-state index contributed by atoms with van der Waals surface area (Å²) in [6.07, 6.45) is 0.432. The van der Waals surface area contributed by atoms with Crippen molar-refractivity contribution in [1.82, 2.24) is 10.2 Å². The highest BCUT2D eigenvalue weighted by atomic mass is 35.5. The van der Waals surface area contributed by atoms with E-state index in [1.54, 1.807) is 19.0 Å². The van der Waals surface area contributed by atoms with Crippen LogP contribution in [0.15, 0.2) is 51.7 Å². The lowest BCUT2D eigenvalue weighted by Gasteiger charge is -2.24. The van der Waals surface area contributed by atoms with Gasteiger partial charge in [-0.05, 0) is 30.4 Å². The zero-order valence-corrected chi connectivity index (χ0v) is 16.3. The third-order valence-electron chi connectivity index (χ3n) is 4.44. The summed E-state index contributed by atoms with van der Waals surface area (Å²) in [6.45, 7) is 5.64. The van der Waals surface area contributed by atoms with Crippen molar-refractivity contribution in [3.8, 4) is 0 Å². The van der Waals surface area contributed by atoms with Gasteiger partial charge in [-0.1, -0.05) is 55.8 Å². The van der Waals surface area contributed by atoms with E-state index in [-0.39, 0.29) is 28.3 Å². The van der Waals surface area contributed by atoms with E-state index in [2.05, 4.69) is 10.2 Å². The second kappa shape index (κ2) is 8.25. The first-order valence-electron chi connectivity index (χ1n) is 8.97. The number of rotatable bonds is 6. The molecule has 7 heteroatoms. The Kier molecular flexibility index (Phi) is 6.00. The maximum absolute atomic E-state index is 13.2. The summed E-state index contributed by atoms with van der Waals surface area (Å²) < 4.78 is 6.08. The molecule has 5 nitrogen and oxygen atoms in total. The fourth-order valence-electron chi connectivity index (χ4n) is 3.16. The zero-order valence-electron chi connectivity index (χ0n) is 15.6. The number of hydrogen-bond donors (Lipinski definition) is 2. The Bertz CT molecular complexity index is 990. The van der Waals surface area contributed by atoms with E-state index in [4.69, 9.17) is 16.0 Å². The minimum absolute atomic E-state index is 0.0777. The van der Waals surface area contributed by atoms with Crippen molar-refractivity contribution in [3.05, 3.63) is 74.7 Å². The molecule has 0 radical (unpaired) electrons. The van der Waals surface area contributed by atoms with Gasteiger partial charge in [0.05, 0.1) is 11.4 Å². The quantitative estimate of drug-likeness (QED) is 0.499. The molecule has 0 spiro atoms. The van der Waals surface area contributed by atoms with Crippen LogP contribution in [0.4, 0.5) is 0 Å². The predicted octanol–water partition coefficient (Wildman–Crippen LogP) is 3.83. The van der Waals surface area contributed by atoms with E-state index in [9.17, 15) is 9.82 Å². The van der Waals surface area contributed by atoms with Crippen LogP contribution < -0.4 is 10.7 Å². The van der Waals surface area contributed by atoms with Crippen molar-refractivity contribution < 1.29 is 9.44 Å². The monoisotopic (exact) mass is 384 g/mol. The van der Waals surface area contributed by atoms with Gasteiger partial charge in [-0.2, -0.15) is 0 Å². The average molecular weight is 385 g/mol. The largest absolute Gasteiger partial charge is 0.441 e. The standard InChI is InChI=1S/C20H22BClN2O3/c1-12(2)17(24-21(3)26)19-15(11-13-7-5-4-6-8-13)18(25)14-9-10-16(22)23-20(14)27-19/h4-10,12,17,24,26H,11H2,1-3H3. The Hall–Kier alpha value is -2.15. The van der Waals surface area contributed by atoms with Crippen LogP contribution in [0.2, 0.25) is 12.0 Å². The molecule has 140 valence electrons. The number of nitrogens with one attached hydrogen (secondary N) is 1. The first kappa shape index (κ1) is 19.6. The normalized spacial score (nSPS) is 12.5. The second-order valence-electron chi connectivity index (χ2n) is 6.99. The van der Waals surface area contributed by atoms with Gasteiger partial charge in [-0.25, -0.2) is 4.98 Å². The number of pyridine rings is 1. The second-order valence-corrected chi connectivity index (χ2v) is 7.37. The summed E-state index contributed by atoms with van der Waals surface area (Å²) in [6, 6.07) is 12.6. The van der Waals surface area contributed by atoms with Gasteiger partial charge in [0, 0.05) is 12.0 Å². The minimum atomic E-state index is -0.754. The molecule has 0 fully saturated rings. The molecule has 0 bridgehead atoms. The van der Waals surface area contributed by atoms with Crippen molar-refractivity contribution in [3.63, 3.8) is 0 Å². The van der Waals surface area contributed by atoms with Crippen LogP contribution in [-0.2, 0) is 6.42 Å². The predicted molar refractivity (Wildman–Crippen MR) is 109 cm³/mol. The molecule has 0 aliphatic heterocycles. The van der Waals surface area contributed by atoms with E-state index in [0.717, 1.165) is 5.56 Å². The zero-order chi connectivity index (χ0) is 19.6. The molecule has 0 aliphatic carbocycles. The van der Waals surface area contributed by atoms with Crippen molar-refractivity contribution in [2.45, 2.75) is 33.1 Å². The van der Waals surface area contributed by atoms with Crippen molar-refractivity contribution in [2.75, 3.05) is 0 Å². The third-order valence-corrected chi connectivity index (χ3v) is 4.65. The van der Waals surface area contributed by atoms with Crippen LogP contribution in [0, 0.1) is 5.92 Å². The summed E-state index contributed by atoms with van der Waals surface area (Å²) in [5, 5.41) is 13.6. The molecular formula is C20H22BClN2O3. The summed E-state index contributed by atoms with van der Waals surface area (Å²) in [7, 11) is -0.754. The smallest absolute Gasteiger partial charge is 0.374 e. The molecule has 0 saturated carbocycles. The van der Waals surface area contributed by atoms with Gasteiger partial charge in [-0.3, -0.25) is 4.79 Å². The van der Waals surface area contributed by atoms with Gasteiger partial charge in [-0.15, -0.1) is 0 Å². The topological polar surface area (TPSA) is 75.4 Å². The molecule has 2 aromatic heterocycles. The molecular weight excluding hydrogens is 362 g/mol. The molecule has 0 amide bonds. The molecule has 1 atom stereocenters. The Morgan fingerprint density at radius 2 is 1.93 bits per heavy atom. The maximum atomic E-state index is 13.2. The van der Waals surface area contributed by atoms with Gasteiger partial charge < -0.3 is 14.7 Å². The van der Waals surface area contributed by atoms with E-state index < -0.39 is 7.05 Å². The maximum Gasteiger partial charge on any atom is 0.374 e. The summed E-state index contributed by atoms with van der Waals surface area (Å²) in [5.74, 6) is 0.566. The summed E-state index contributed by atoms with van der Waals surface area (Å²) in [5.41, 5.74) is 1.64. The molecule has 2 N–H and O–H groups in total. The summed E-state index contributed by atoms with van der Waals surface area (Å²) in [4.78, 5) is 17.4. The van der Waals surface area contributed by atoms with Gasteiger partial charge >= 0.3 is 7.05 Å². The van der Waals surface area contributed by atoms with Crippen LogP contribution in [-0.4, -0.2) is 17.1 Å². The van der Waals surface area contributed by atoms with Crippen LogP contribution in [0.1, 0.15) is 36.8 Å². The fourth-order valence-corrected chi connectivity index (χ4v) is 3.30. The van der Waals surface area contributed by atoms with E-state index >= 15 is 0 Å². The number of hydrogen-bond acceptors (Lipinski definition) is 5. The lowest BCUT2D eigenvalue weighted by Crippen LogP contribution is -2.38. The number of fused-ring (bicyclic) bond motifs is 1. The molecule has 2 heterocycles. The lowest BCUT2D eigenvalue weighted by molar-refractivity contribution is 0.365. The lowest BCUT2D eigenvalue weighted by atomic mass is 9.83. The Morgan fingerprint density at radius 1 is 1.22 bits per heavy atom. The van der Waals surface area contributed by atoms with Gasteiger partial charge in [0.25, 0.3) is 0 Å². The number of halogens is 1. The highest BCUT2D eigenvalue weighted by Crippen LogP contribution is 2.28. The highest BCUT2D eigenvalue weighted by molar-refractivity contribution is 6.45. The first-order chi connectivity index (χ1) is 12.9. The van der Waals surface area contributed by atoms with Gasteiger partial charge in [0.15, 0.2) is 5.43 Å². The van der Waals surface area contributed by atoms with Crippen molar-refractivity contribution >= 4 is 29.8 Å². The van der Waals surface area contributed by atoms with Crippen molar-refractivity contribution in [2.24, 2.45) is 5.92 Å². The Labute approximate surface area is 163 Å². The van der Waals surface area contributed by atoms with E-state index in [1.807, 2.05) is 44.2 Å². The summed E-state index contributed by atoms with van der Waals surface area (Å²) >= 11 is 5.99. The van der Waals surface area contributed by atoms with Gasteiger partial charge in [0.1, 0.15) is 10.9 Å². The van der Waals surface area contributed by atoms with E-state index in [1.165, 1.54) is 0 Å². The molecule has 27 heavy (non-hydrogen) atoms. The third kappa shape index (κ3) is 4.41. The van der Waals surface area contributed by atoms with Crippen LogP contribution >= 0.6 is 11.6 Å². The minimum Gasteiger partial charge on any atom is -0.441 e. The molecule has 3 aromatic rings. The number of benzene rings is 1. The van der Waals surface area contributed by atoms with Crippen LogP contribution in [0.3, 0.4) is 0 Å². The molecule has 0 saturated heterocycles. The highest BCUT2D eigenvalue weighted by Gasteiger charge is 2.27. The van der Waals surface area contributed by atoms with Crippen LogP contribution in [0.5, 0.6) is 0 Å². The average Bonchev–Trinajstić information content (AvgIpc) is 2.62. The first-order valence-corrected chi connectivity index (χ1v) is 9.34. The fraction of sp³-hybridized carbons (Fsp3) is 0.300. The molecule has 0 aliphatic rings. The SMILES string of the molecule is CB(O)NC(c1oc2nc(Cl)ccc2c(=O)c1Cc1ccccc1)C(C)C. The molecule has 1 aromatic carbocycles. The van der Waals surface area contributed by atoms with Crippen LogP contribution in [0.25, 0.3) is 11.1 Å².